The zero-order chi connectivity index (χ0) is 15.5. The molecule has 1 aromatic carbocycles. The smallest absolute Gasteiger partial charge is 0.161 e. The van der Waals surface area contributed by atoms with Crippen molar-refractivity contribution in [3.8, 4) is 11.5 Å². The molecule has 6 heteroatoms. The SMILES string of the molecule is COc1ccccc1OCCn1ccc2c(Cl)nc(C)nc21. The van der Waals surface area contributed by atoms with E-state index in [2.05, 4.69) is 9.97 Å². The highest BCUT2D eigenvalue weighted by atomic mass is 35.5. The second-order valence-corrected chi connectivity index (χ2v) is 5.17. The minimum atomic E-state index is 0.479. The fourth-order valence-corrected chi connectivity index (χ4v) is 2.57. The summed E-state index contributed by atoms with van der Waals surface area (Å²) in [4.78, 5) is 8.60. The second-order valence-electron chi connectivity index (χ2n) is 4.81. The van der Waals surface area contributed by atoms with E-state index in [9.17, 15) is 0 Å². The molecule has 2 heterocycles. The zero-order valence-electron chi connectivity index (χ0n) is 12.4. The van der Waals surface area contributed by atoms with Crippen LogP contribution in [0, 0.1) is 6.92 Å². The Labute approximate surface area is 133 Å². The van der Waals surface area contributed by atoms with E-state index in [1.165, 1.54) is 0 Å². The number of halogens is 1. The molecule has 0 fully saturated rings. The molecule has 0 spiro atoms. The Bertz CT molecular complexity index is 801. The molecule has 0 aliphatic rings. The Morgan fingerprint density at radius 2 is 1.91 bits per heavy atom. The van der Waals surface area contributed by atoms with Crippen LogP contribution in [0.1, 0.15) is 5.82 Å². The van der Waals surface area contributed by atoms with Crippen molar-refractivity contribution < 1.29 is 9.47 Å². The lowest BCUT2D eigenvalue weighted by atomic mass is 10.3. The first-order valence-corrected chi connectivity index (χ1v) is 7.31. The molecule has 0 atom stereocenters. The number of fused-ring (bicyclic) bond motifs is 1. The van der Waals surface area contributed by atoms with Gasteiger partial charge in [0.2, 0.25) is 0 Å². The van der Waals surface area contributed by atoms with E-state index in [4.69, 9.17) is 21.1 Å². The molecule has 0 N–H and O–H groups in total. The number of nitrogens with zero attached hydrogens (tertiary/aromatic N) is 3. The first-order valence-electron chi connectivity index (χ1n) is 6.94. The standard InChI is InChI=1S/C16H16ClN3O2/c1-11-18-15(17)12-7-8-20(16(12)19-11)9-10-22-14-6-4-3-5-13(14)21-2/h3-8H,9-10H2,1-2H3. The van der Waals surface area contributed by atoms with Gasteiger partial charge in [-0.15, -0.1) is 0 Å². The van der Waals surface area contributed by atoms with E-state index >= 15 is 0 Å². The molecule has 0 saturated heterocycles. The third kappa shape index (κ3) is 2.85. The van der Waals surface area contributed by atoms with Gasteiger partial charge in [0.25, 0.3) is 0 Å². The summed E-state index contributed by atoms with van der Waals surface area (Å²) >= 11 is 6.13. The van der Waals surface area contributed by atoms with Crippen molar-refractivity contribution in [1.29, 1.82) is 0 Å². The topological polar surface area (TPSA) is 49.2 Å². The number of ether oxygens (including phenoxy) is 2. The molecule has 0 bridgehead atoms. The van der Waals surface area contributed by atoms with Gasteiger partial charge in [0.05, 0.1) is 19.0 Å². The van der Waals surface area contributed by atoms with Gasteiger partial charge in [0.1, 0.15) is 23.2 Å². The largest absolute Gasteiger partial charge is 0.493 e. The van der Waals surface area contributed by atoms with E-state index in [-0.39, 0.29) is 0 Å². The van der Waals surface area contributed by atoms with Crippen LogP contribution in [0.3, 0.4) is 0 Å². The molecular formula is C16H16ClN3O2. The average molecular weight is 318 g/mol. The van der Waals surface area contributed by atoms with Crippen molar-refractivity contribution >= 4 is 22.6 Å². The number of aromatic nitrogens is 3. The third-order valence-electron chi connectivity index (χ3n) is 3.34. The monoisotopic (exact) mass is 317 g/mol. The van der Waals surface area contributed by atoms with Gasteiger partial charge in [-0.2, -0.15) is 0 Å². The number of rotatable bonds is 5. The lowest BCUT2D eigenvalue weighted by Crippen LogP contribution is -2.08. The molecule has 0 aliphatic heterocycles. The van der Waals surface area contributed by atoms with Gasteiger partial charge in [0, 0.05) is 6.20 Å². The number of benzene rings is 1. The molecule has 0 amide bonds. The molecule has 0 saturated carbocycles. The van der Waals surface area contributed by atoms with Crippen LogP contribution in [0.25, 0.3) is 11.0 Å². The van der Waals surface area contributed by atoms with Gasteiger partial charge < -0.3 is 14.0 Å². The molecule has 0 radical (unpaired) electrons. The molecule has 0 unspecified atom stereocenters. The summed E-state index contributed by atoms with van der Waals surface area (Å²) in [5.74, 6) is 2.11. The van der Waals surface area contributed by atoms with Crippen LogP contribution in [0.2, 0.25) is 5.15 Å². The number of para-hydroxylation sites is 2. The summed E-state index contributed by atoms with van der Waals surface area (Å²) in [6, 6.07) is 9.50. The van der Waals surface area contributed by atoms with Gasteiger partial charge in [-0.3, -0.25) is 0 Å². The second kappa shape index (κ2) is 6.23. The molecule has 2 aromatic heterocycles. The van der Waals surface area contributed by atoms with Crippen molar-refractivity contribution in [2.45, 2.75) is 13.5 Å². The molecule has 3 rings (SSSR count). The Morgan fingerprint density at radius 3 is 2.68 bits per heavy atom. The molecular weight excluding hydrogens is 302 g/mol. The van der Waals surface area contributed by atoms with E-state index in [0.29, 0.717) is 24.1 Å². The third-order valence-corrected chi connectivity index (χ3v) is 3.63. The molecule has 0 aliphatic carbocycles. The van der Waals surface area contributed by atoms with Crippen LogP contribution >= 0.6 is 11.6 Å². The van der Waals surface area contributed by atoms with Gasteiger partial charge >= 0.3 is 0 Å². The molecule has 22 heavy (non-hydrogen) atoms. The lowest BCUT2D eigenvalue weighted by molar-refractivity contribution is 0.281. The minimum Gasteiger partial charge on any atom is -0.493 e. The summed E-state index contributed by atoms with van der Waals surface area (Å²) in [5.41, 5.74) is 0.820. The van der Waals surface area contributed by atoms with Crippen LogP contribution in [0.5, 0.6) is 11.5 Å². The van der Waals surface area contributed by atoms with Crippen LogP contribution in [0.4, 0.5) is 0 Å². The summed E-state index contributed by atoms with van der Waals surface area (Å²) < 4.78 is 13.1. The van der Waals surface area contributed by atoms with Crippen molar-refractivity contribution in [2.24, 2.45) is 0 Å². The highest BCUT2D eigenvalue weighted by Crippen LogP contribution is 2.26. The predicted molar refractivity (Wildman–Crippen MR) is 85.8 cm³/mol. The van der Waals surface area contributed by atoms with Crippen LogP contribution in [-0.4, -0.2) is 28.3 Å². The number of aryl methyl sites for hydroxylation is 1. The first kappa shape index (κ1) is 14.7. The van der Waals surface area contributed by atoms with Gasteiger partial charge in [0.15, 0.2) is 11.5 Å². The maximum Gasteiger partial charge on any atom is 0.161 e. The van der Waals surface area contributed by atoms with Crippen LogP contribution < -0.4 is 9.47 Å². The molecule has 5 nitrogen and oxygen atoms in total. The van der Waals surface area contributed by atoms with Gasteiger partial charge in [-0.1, -0.05) is 23.7 Å². The van der Waals surface area contributed by atoms with Gasteiger partial charge in [-0.05, 0) is 25.1 Å². The predicted octanol–water partition coefficient (Wildman–Crippen LogP) is 3.48. The number of methoxy groups -OCH3 is 1. The fraction of sp³-hybridized carbons (Fsp3) is 0.250. The van der Waals surface area contributed by atoms with E-state index in [1.54, 1.807) is 7.11 Å². The van der Waals surface area contributed by atoms with Crippen LogP contribution in [-0.2, 0) is 6.54 Å². The van der Waals surface area contributed by atoms with Crippen molar-refractivity contribution in [3.05, 3.63) is 47.5 Å². The van der Waals surface area contributed by atoms with Crippen molar-refractivity contribution in [2.75, 3.05) is 13.7 Å². The highest BCUT2D eigenvalue weighted by Gasteiger charge is 2.09. The average Bonchev–Trinajstić information content (AvgIpc) is 2.91. The minimum absolute atomic E-state index is 0.479. The highest BCUT2D eigenvalue weighted by molar-refractivity contribution is 6.33. The maximum absolute atomic E-state index is 6.13. The van der Waals surface area contributed by atoms with E-state index in [0.717, 1.165) is 22.5 Å². The fourth-order valence-electron chi connectivity index (χ4n) is 2.30. The molecule has 114 valence electrons. The zero-order valence-corrected chi connectivity index (χ0v) is 13.2. The Kier molecular flexibility index (Phi) is 4.15. The van der Waals surface area contributed by atoms with E-state index in [1.807, 2.05) is 48.0 Å². The Balaban J connectivity index is 1.75. The summed E-state index contributed by atoms with van der Waals surface area (Å²) in [5, 5.41) is 1.33. The summed E-state index contributed by atoms with van der Waals surface area (Å²) in [6.45, 7) is 2.99. The quantitative estimate of drug-likeness (QED) is 0.676. The van der Waals surface area contributed by atoms with Gasteiger partial charge in [-0.25, -0.2) is 9.97 Å². The first-order chi connectivity index (χ1) is 10.7. The lowest BCUT2D eigenvalue weighted by Gasteiger charge is -2.11. The Morgan fingerprint density at radius 1 is 1.14 bits per heavy atom. The maximum atomic E-state index is 6.13. The van der Waals surface area contributed by atoms with E-state index < -0.39 is 0 Å². The Hall–Kier alpha value is -2.27. The normalized spacial score (nSPS) is 10.9. The van der Waals surface area contributed by atoms with Crippen LogP contribution in [0.15, 0.2) is 36.5 Å². The number of hydrogen-bond donors (Lipinski definition) is 0. The van der Waals surface area contributed by atoms with Crippen molar-refractivity contribution in [1.82, 2.24) is 14.5 Å². The summed E-state index contributed by atoms with van der Waals surface area (Å²) in [7, 11) is 1.63. The molecule has 3 aromatic rings. The summed E-state index contributed by atoms with van der Waals surface area (Å²) in [6.07, 6.45) is 1.94. The number of hydrogen-bond acceptors (Lipinski definition) is 4. The van der Waals surface area contributed by atoms with Crippen molar-refractivity contribution in [3.63, 3.8) is 0 Å².